The molecule has 0 radical (unpaired) electrons. The number of hydrogen-bond acceptors (Lipinski definition) is 6. The highest BCUT2D eigenvalue weighted by atomic mass is 32.2. The summed E-state index contributed by atoms with van der Waals surface area (Å²) in [7, 11) is -3.35. The molecule has 3 rings (SSSR count). The number of benzene rings is 1. The van der Waals surface area contributed by atoms with Crippen molar-refractivity contribution in [2.24, 2.45) is 0 Å². The highest BCUT2D eigenvalue weighted by Gasteiger charge is 2.25. The molecule has 146 valence electrons. The van der Waals surface area contributed by atoms with Crippen molar-refractivity contribution in [3.05, 3.63) is 46.3 Å². The van der Waals surface area contributed by atoms with Crippen LogP contribution in [-0.4, -0.2) is 61.7 Å². The summed E-state index contributed by atoms with van der Waals surface area (Å²) in [5.74, 6) is 0.717. The average Bonchev–Trinajstić information content (AvgIpc) is 2.93. The first-order valence-corrected chi connectivity index (χ1v) is 10.8. The zero-order valence-electron chi connectivity index (χ0n) is 16.2. The standard InChI is InChI=1S/C19H25N3O4S/c1-13-5-6-16(27(4,24)25)11-17(13)19(23)22-9-7-21(8-10-22)12-18-14(2)20-26-15(18)3/h5-6,11H,7-10,12H2,1-4H3. The fourth-order valence-electron chi connectivity index (χ4n) is 3.29. The Labute approximate surface area is 159 Å². The minimum absolute atomic E-state index is 0.116. The second-order valence-electron chi connectivity index (χ2n) is 7.12. The predicted octanol–water partition coefficient (Wildman–Crippen LogP) is 1.96. The third kappa shape index (κ3) is 4.22. The van der Waals surface area contributed by atoms with Crippen LogP contribution in [0, 0.1) is 20.8 Å². The Morgan fingerprint density at radius 2 is 1.81 bits per heavy atom. The van der Waals surface area contributed by atoms with Crippen LogP contribution in [0.1, 0.15) is 32.9 Å². The van der Waals surface area contributed by atoms with E-state index in [-0.39, 0.29) is 10.8 Å². The minimum Gasteiger partial charge on any atom is -0.361 e. The van der Waals surface area contributed by atoms with Crippen LogP contribution in [-0.2, 0) is 16.4 Å². The first-order valence-electron chi connectivity index (χ1n) is 8.91. The van der Waals surface area contributed by atoms with Gasteiger partial charge in [0.05, 0.1) is 10.6 Å². The van der Waals surface area contributed by atoms with E-state index in [4.69, 9.17) is 4.52 Å². The highest BCUT2D eigenvalue weighted by Crippen LogP contribution is 2.20. The van der Waals surface area contributed by atoms with Crippen LogP contribution >= 0.6 is 0 Å². The lowest BCUT2D eigenvalue weighted by molar-refractivity contribution is 0.0626. The van der Waals surface area contributed by atoms with E-state index in [0.29, 0.717) is 18.7 Å². The number of carbonyl (C=O) groups is 1. The molecule has 8 heteroatoms. The third-order valence-electron chi connectivity index (χ3n) is 5.09. The van der Waals surface area contributed by atoms with E-state index in [1.54, 1.807) is 17.0 Å². The Hall–Kier alpha value is -2.19. The Kier molecular flexibility index (Phi) is 5.39. The molecule has 1 amide bonds. The van der Waals surface area contributed by atoms with Crippen LogP contribution in [0.3, 0.4) is 0 Å². The molecular weight excluding hydrogens is 366 g/mol. The molecule has 1 saturated heterocycles. The number of carbonyl (C=O) groups excluding carboxylic acids is 1. The second kappa shape index (κ2) is 7.44. The molecule has 7 nitrogen and oxygen atoms in total. The average molecular weight is 391 g/mol. The first kappa shape index (κ1) is 19.6. The maximum Gasteiger partial charge on any atom is 0.254 e. The number of rotatable bonds is 4. The van der Waals surface area contributed by atoms with Crippen molar-refractivity contribution in [3.8, 4) is 0 Å². The summed E-state index contributed by atoms with van der Waals surface area (Å²) in [6.45, 7) is 9.13. The molecule has 0 saturated carbocycles. The van der Waals surface area contributed by atoms with Crippen LogP contribution < -0.4 is 0 Å². The quantitative estimate of drug-likeness (QED) is 0.792. The molecule has 1 aliphatic rings. The van der Waals surface area contributed by atoms with E-state index in [0.717, 1.165) is 48.5 Å². The number of hydrogen-bond donors (Lipinski definition) is 0. The van der Waals surface area contributed by atoms with Crippen LogP contribution in [0.5, 0.6) is 0 Å². The van der Waals surface area contributed by atoms with E-state index in [9.17, 15) is 13.2 Å². The zero-order chi connectivity index (χ0) is 19.8. The lowest BCUT2D eigenvalue weighted by atomic mass is 10.1. The van der Waals surface area contributed by atoms with E-state index in [1.165, 1.54) is 6.07 Å². The predicted molar refractivity (Wildman–Crippen MR) is 101 cm³/mol. The van der Waals surface area contributed by atoms with Gasteiger partial charge in [0, 0.05) is 50.1 Å². The molecule has 0 aliphatic carbocycles. The maximum atomic E-state index is 12.9. The summed E-state index contributed by atoms with van der Waals surface area (Å²) in [6.07, 6.45) is 1.15. The molecular formula is C19H25N3O4S. The minimum atomic E-state index is -3.35. The van der Waals surface area contributed by atoms with Crippen LogP contribution in [0.15, 0.2) is 27.6 Å². The molecule has 2 aromatic rings. The number of nitrogens with zero attached hydrogens (tertiary/aromatic N) is 3. The number of aromatic nitrogens is 1. The lowest BCUT2D eigenvalue weighted by Gasteiger charge is -2.35. The molecule has 1 aliphatic heterocycles. The van der Waals surface area contributed by atoms with Crippen molar-refractivity contribution in [2.75, 3.05) is 32.4 Å². The number of aryl methyl sites for hydroxylation is 3. The Morgan fingerprint density at radius 3 is 2.37 bits per heavy atom. The molecule has 0 bridgehead atoms. The SMILES string of the molecule is Cc1ccc(S(C)(=O)=O)cc1C(=O)N1CCN(Cc2c(C)noc2C)CC1. The molecule has 1 aromatic heterocycles. The van der Waals surface area contributed by atoms with E-state index in [1.807, 2.05) is 20.8 Å². The van der Waals surface area contributed by atoms with Crippen molar-refractivity contribution in [3.63, 3.8) is 0 Å². The summed E-state index contributed by atoms with van der Waals surface area (Å²) >= 11 is 0. The van der Waals surface area contributed by atoms with Crippen molar-refractivity contribution >= 4 is 15.7 Å². The Bertz CT molecular complexity index is 938. The van der Waals surface area contributed by atoms with Gasteiger partial charge in [-0.05, 0) is 38.5 Å². The number of piperazine rings is 1. The fourth-order valence-corrected chi connectivity index (χ4v) is 3.94. The van der Waals surface area contributed by atoms with Gasteiger partial charge in [-0.1, -0.05) is 11.2 Å². The van der Waals surface area contributed by atoms with E-state index < -0.39 is 9.84 Å². The molecule has 0 atom stereocenters. The van der Waals surface area contributed by atoms with Gasteiger partial charge in [-0.25, -0.2) is 8.42 Å². The lowest BCUT2D eigenvalue weighted by Crippen LogP contribution is -2.48. The van der Waals surface area contributed by atoms with Crippen LogP contribution in [0.4, 0.5) is 0 Å². The van der Waals surface area contributed by atoms with Gasteiger partial charge in [0.1, 0.15) is 5.76 Å². The number of sulfone groups is 1. The summed E-state index contributed by atoms with van der Waals surface area (Å²) < 4.78 is 28.8. The molecule has 0 N–H and O–H groups in total. The first-order chi connectivity index (χ1) is 12.7. The van der Waals surface area contributed by atoms with Gasteiger partial charge < -0.3 is 9.42 Å². The molecule has 0 spiro atoms. The number of amides is 1. The van der Waals surface area contributed by atoms with Crippen LogP contribution in [0.25, 0.3) is 0 Å². The van der Waals surface area contributed by atoms with Crippen LogP contribution in [0.2, 0.25) is 0 Å². The molecule has 27 heavy (non-hydrogen) atoms. The zero-order valence-corrected chi connectivity index (χ0v) is 17.0. The molecule has 1 aromatic carbocycles. The van der Waals surface area contributed by atoms with Crippen molar-refractivity contribution < 1.29 is 17.7 Å². The summed E-state index contributed by atoms with van der Waals surface area (Å²) in [5, 5.41) is 3.99. The van der Waals surface area contributed by atoms with Crippen molar-refractivity contribution in [1.82, 2.24) is 15.0 Å². The van der Waals surface area contributed by atoms with Gasteiger partial charge in [-0.2, -0.15) is 0 Å². The van der Waals surface area contributed by atoms with Gasteiger partial charge in [0.2, 0.25) is 0 Å². The van der Waals surface area contributed by atoms with Gasteiger partial charge in [-0.15, -0.1) is 0 Å². The fraction of sp³-hybridized carbons (Fsp3) is 0.474. The van der Waals surface area contributed by atoms with Gasteiger partial charge in [-0.3, -0.25) is 9.69 Å². The van der Waals surface area contributed by atoms with E-state index >= 15 is 0 Å². The molecule has 0 unspecified atom stereocenters. The normalized spacial score (nSPS) is 15.9. The van der Waals surface area contributed by atoms with Crippen molar-refractivity contribution in [2.45, 2.75) is 32.2 Å². The van der Waals surface area contributed by atoms with Crippen molar-refractivity contribution in [1.29, 1.82) is 0 Å². The summed E-state index contributed by atoms with van der Waals surface area (Å²) in [4.78, 5) is 17.2. The highest BCUT2D eigenvalue weighted by molar-refractivity contribution is 7.90. The Morgan fingerprint density at radius 1 is 1.15 bits per heavy atom. The largest absolute Gasteiger partial charge is 0.361 e. The topological polar surface area (TPSA) is 83.7 Å². The third-order valence-corrected chi connectivity index (χ3v) is 6.20. The molecule has 2 heterocycles. The van der Waals surface area contributed by atoms with E-state index in [2.05, 4.69) is 10.1 Å². The summed E-state index contributed by atoms with van der Waals surface area (Å²) in [5.41, 5.74) is 3.24. The monoisotopic (exact) mass is 391 g/mol. The maximum absolute atomic E-state index is 12.9. The van der Waals surface area contributed by atoms with Gasteiger partial charge in [0.25, 0.3) is 5.91 Å². The molecule has 1 fully saturated rings. The summed E-state index contributed by atoms with van der Waals surface area (Å²) in [6, 6.07) is 4.73. The van der Waals surface area contributed by atoms with Gasteiger partial charge >= 0.3 is 0 Å². The smallest absolute Gasteiger partial charge is 0.254 e. The second-order valence-corrected chi connectivity index (χ2v) is 9.14. The Balaban J connectivity index is 1.69. The van der Waals surface area contributed by atoms with Gasteiger partial charge in [0.15, 0.2) is 9.84 Å².